The number of halogens is 1. The highest BCUT2D eigenvalue weighted by Gasteiger charge is 2.26. The van der Waals surface area contributed by atoms with Gasteiger partial charge in [-0.3, -0.25) is 14.9 Å². The maximum absolute atomic E-state index is 12.4. The van der Waals surface area contributed by atoms with Crippen LogP contribution in [0.1, 0.15) is 16.8 Å². The van der Waals surface area contributed by atoms with Crippen molar-refractivity contribution in [2.75, 3.05) is 33.7 Å². The number of nitro groups is 1. The van der Waals surface area contributed by atoms with Crippen molar-refractivity contribution in [3.05, 3.63) is 38.9 Å². The van der Waals surface area contributed by atoms with E-state index in [1.807, 2.05) is 0 Å². The molecule has 1 aliphatic rings. The second-order valence-corrected chi connectivity index (χ2v) is 5.88. The second-order valence-electron chi connectivity index (χ2n) is 5.50. The third-order valence-corrected chi connectivity index (χ3v) is 4.17. The van der Waals surface area contributed by atoms with Crippen molar-refractivity contribution in [2.45, 2.75) is 6.42 Å². The minimum atomic E-state index is -0.578. The smallest absolute Gasteiger partial charge is 0.288 e. The summed E-state index contributed by atoms with van der Waals surface area (Å²) in [4.78, 5) is 26.5. The van der Waals surface area contributed by atoms with Gasteiger partial charge in [-0.05, 0) is 32.0 Å². The van der Waals surface area contributed by atoms with Gasteiger partial charge in [0.25, 0.3) is 11.6 Å². The molecular weight excluding hydrogens is 294 g/mol. The Morgan fingerprint density at radius 1 is 1.57 bits per heavy atom. The molecule has 0 aliphatic carbocycles. The first-order chi connectivity index (χ1) is 9.90. The minimum absolute atomic E-state index is 0.0945. The van der Waals surface area contributed by atoms with Crippen LogP contribution in [0.15, 0.2) is 18.2 Å². The van der Waals surface area contributed by atoms with Crippen LogP contribution in [0.25, 0.3) is 0 Å². The maximum atomic E-state index is 12.4. The summed E-state index contributed by atoms with van der Waals surface area (Å²) in [5, 5.41) is 10.8. The first-order valence-corrected chi connectivity index (χ1v) is 7.15. The average Bonchev–Trinajstić information content (AvgIpc) is 2.83. The topological polar surface area (TPSA) is 66.7 Å². The number of carbonyl (C=O) groups is 1. The third kappa shape index (κ3) is 3.51. The Bertz CT molecular complexity index is 564. The van der Waals surface area contributed by atoms with Crippen molar-refractivity contribution >= 4 is 23.2 Å². The quantitative estimate of drug-likeness (QED) is 0.632. The lowest BCUT2D eigenvalue weighted by atomic mass is 10.1. The van der Waals surface area contributed by atoms with E-state index >= 15 is 0 Å². The van der Waals surface area contributed by atoms with E-state index in [9.17, 15) is 14.9 Å². The first-order valence-electron chi connectivity index (χ1n) is 6.77. The number of likely N-dealkylation sites (tertiary alicyclic amines) is 1. The molecule has 2 rings (SSSR count). The first kappa shape index (κ1) is 15.7. The number of amides is 1. The Balaban J connectivity index is 2.12. The Morgan fingerprint density at radius 3 is 2.86 bits per heavy atom. The number of nitrogens with zero attached hydrogens (tertiary/aromatic N) is 3. The molecule has 6 nitrogen and oxygen atoms in total. The average molecular weight is 312 g/mol. The lowest BCUT2D eigenvalue weighted by Crippen LogP contribution is -2.33. The van der Waals surface area contributed by atoms with Crippen molar-refractivity contribution in [1.82, 2.24) is 9.80 Å². The fourth-order valence-corrected chi connectivity index (χ4v) is 2.95. The summed E-state index contributed by atoms with van der Waals surface area (Å²) < 4.78 is 0. The number of nitro benzene ring substituents is 1. The van der Waals surface area contributed by atoms with Gasteiger partial charge in [-0.2, -0.15) is 0 Å². The van der Waals surface area contributed by atoms with E-state index < -0.39 is 4.92 Å². The molecular formula is C14H18ClN3O3. The highest BCUT2D eigenvalue weighted by molar-refractivity contribution is 6.35. The van der Waals surface area contributed by atoms with E-state index in [0.29, 0.717) is 12.5 Å². The Kier molecular flexibility index (Phi) is 4.80. The number of hydrogen-bond donors (Lipinski definition) is 0. The van der Waals surface area contributed by atoms with Gasteiger partial charge in [0.15, 0.2) is 0 Å². The zero-order valence-electron chi connectivity index (χ0n) is 12.1. The zero-order chi connectivity index (χ0) is 15.6. The van der Waals surface area contributed by atoms with Crippen LogP contribution in [0, 0.1) is 16.0 Å². The Hall–Kier alpha value is -1.66. The van der Waals surface area contributed by atoms with Crippen LogP contribution in [0.5, 0.6) is 0 Å². The summed E-state index contributed by atoms with van der Waals surface area (Å²) in [6.45, 7) is 2.62. The normalized spacial score (nSPS) is 18.7. The van der Waals surface area contributed by atoms with Crippen LogP contribution >= 0.6 is 11.6 Å². The lowest BCUT2D eigenvalue weighted by Gasteiger charge is -2.21. The summed E-state index contributed by atoms with van der Waals surface area (Å²) in [5.74, 6) is 0.152. The minimum Gasteiger partial charge on any atom is -0.341 e. The van der Waals surface area contributed by atoms with Crippen molar-refractivity contribution in [1.29, 1.82) is 0 Å². The molecule has 1 unspecified atom stereocenters. The van der Waals surface area contributed by atoms with Gasteiger partial charge < -0.3 is 9.80 Å². The van der Waals surface area contributed by atoms with E-state index in [4.69, 9.17) is 11.6 Å². The summed E-state index contributed by atoms with van der Waals surface area (Å²) in [6.07, 6.45) is 1.05. The number of carbonyl (C=O) groups excluding carboxylic acids is 1. The fraction of sp³-hybridized carbons (Fsp3) is 0.500. The van der Waals surface area contributed by atoms with Crippen LogP contribution in [0.3, 0.4) is 0 Å². The van der Waals surface area contributed by atoms with Crippen molar-refractivity contribution in [2.24, 2.45) is 5.92 Å². The summed E-state index contributed by atoms with van der Waals surface area (Å²) in [7, 11) is 3.76. The molecule has 1 aromatic carbocycles. The molecule has 1 aliphatic heterocycles. The fourth-order valence-electron chi connectivity index (χ4n) is 2.68. The van der Waals surface area contributed by atoms with Gasteiger partial charge in [-0.1, -0.05) is 17.7 Å². The van der Waals surface area contributed by atoms with E-state index in [2.05, 4.69) is 11.9 Å². The van der Waals surface area contributed by atoms with Gasteiger partial charge in [0.05, 0.1) is 10.5 Å². The van der Waals surface area contributed by atoms with Crippen LogP contribution < -0.4 is 0 Å². The van der Waals surface area contributed by atoms with Crippen LogP contribution in [-0.2, 0) is 0 Å². The predicted molar refractivity (Wildman–Crippen MR) is 80.7 cm³/mol. The van der Waals surface area contributed by atoms with Crippen LogP contribution in [-0.4, -0.2) is 54.4 Å². The van der Waals surface area contributed by atoms with E-state index in [1.165, 1.54) is 18.2 Å². The van der Waals surface area contributed by atoms with Crippen molar-refractivity contribution in [3.63, 3.8) is 0 Å². The van der Waals surface area contributed by atoms with Crippen LogP contribution in [0.2, 0.25) is 5.02 Å². The number of rotatable bonds is 4. The number of hydrogen-bond acceptors (Lipinski definition) is 4. The summed E-state index contributed by atoms with van der Waals surface area (Å²) >= 11 is 5.99. The van der Waals surface area contributed by atoms with Crippen LogP contribution in [0.4, 0.5) is 5.69 Å². The summed E-state index contributed by atoms with van der Waals surface area (Å²) in [5.41, 5.74) is -0.0590. The molecule has 0 N–H and O–H groups in total. The lowest BCUT2D eigenvalue weighted by molar-refractivity contribution is -0.384. The number of benzene rings is 1. The highest BCUT2D eigenvalue weighted by atomic mass is 35.5. The molecule has 0 saturated carbocycles. The molecule has 0 spiro atoms. The Morgan fingerprint density at radius 2 is 2.29 bits per heavy atom. The standard InChI is InChI=1S/C14H18ClN3O3/c1-16-7-6-10(8-16)9-17(2)14(19)11-4-3-5-12(13(11)15)18(20)21/h3-5,10H,6-9H2,1-2H3. The molecule has 7 heteroatoms. The van der Waals surface area contributed by atoms with Gasteiger partial charge in [0, 0.05) is 26.2 Å². The third-order valence-electron chi connectivity index (χ3n) is 3.77. The molecule has 0 bridgehead atoms. The van der Waals surface area contributed by atoms with Crippen molar-refractivity contribution in [3.8, 4) is 0 Å². The second kappa shape index (κ2) is 6.41. The van der Waals surface area contributed by atoms with E-state index in [-0.39, 0.29) is 22.2 Å². The Labute approximate surface area is 128 Å². The van der Waals surface area contributed by atoms with Gasteiger partial charge in [0.1, 0.15) is 5.02 Å². The maximum Gasteiger partial charge on any atom is 0.288 e. The molecule has 1 aromatic rings. The van der Waals surface area contributed by atoms with Gasteiger partial charge in [-0.15, -0.1) is 0 Å². The SMILES string of the molecule is CN1CCC(CN(C)C(=O)c2cccc([N+](=O)[O-])c2Cl)C1. The molecule has 0 aromatic heterocycles. The molecule has 1 heterocycles. The predicted octanol–water partition coefficient (Wildman–Crippen LogP) is 2.27. The van der Waals surface area contributed by atoms with E-state index in [1.54, 1.807) is 11.9 Å². The largest absolute Gasteiger partial charge is 0.341 e. The molecule has 114 valence electrons. The molecule has 0 radical (unpaired) electrons. The van der Waals surface area contributed by atoms with Gasteiger partial charge >= 0.3 is 0 Å². The molecule has 1 amide bonds. The molecule has 21 heavy (non-hydrogen) atoms. The van der Waals surface area contributed by atoms with Gasteiger partial charge in [0.2, 0.25) is 0 Å². The summed E-state index contributed by atoms with van der Waals surface area (Å²) in [6, 6.07) is 4.30. The molecule has 1 fully saturated rings. The van der Waals surface area contributed by atoms with Gasteiger partial charge in [-0.25, -0.2) is 0 Å². The highest BCUT2D eigenvalue weighted by Crippen LogP contribution is 2.28. The van der Waals surface area contributed by atoms with Crippen molar-refractivity contribution < 1.29 is 9.72 Å². The van der Waals surface area contributed by atoms with E-state index in [0.717, 1.165) is 19.5 Å². The zero-order valence-corrected chi connectivity index (χ0v) is 12.8. The monoisotopic (exact) mass is 311 g/mol. The molecule has 1 atom stereocenters. The molecule has 1 saturated heterocycles.